The monoisotopic (exact) mass is 271 g/mol. The van der Waals surface area contributed by atoms with E-state index in [0.717, 1.165) is 38.6 Å². The van der Waals surface area contributed by atoms with Crippen LogP contribution in [0.2, 0.25) is 0 Å². The van der Waals surface area contributed by atoms with Crippen molar-refractivity contribution in [1.82, 2.24) is 4.90 Å². The number of rotatable bonds is 8. The lowest BCUT2D eigenvalue weighted by atomic mass is 9.98. The molecule has 1 aliphatic heterocycles. The fraction of sp³-hybridized carbons (Fsp3) is 0.857. The lowest BCUT2D eigenvalue weighted by Gasteiger charge is -2.35. The van der Waals surface area contributed by atoms with Crippen molar-refractivity contribution in [3.63, 3.8) is 0 Å². The lowest BCUT2D eigenvalue weighted by Crippen LogP contribution is -2.45. The van der Waals surface area contributed by atoms with Crippen molar-refractivity contribution in [1.29, 1.82) is 0 Å². The summed E-state index contributed by atoms with van der Waals surface area (Å²) >= 11 is 0. The van der Waals surface area contributed by atoms with Crippen molar-refractivity contribution in [2.24, 2.45) is 0 Å². The van der Waals surface area contributed by atoms with E-state index in [2.05, 4.69) is 6.92 Å². The van der Waals surface area contributed by atoms with Crippen molar-refractivity contribution < 1.29 is 19.4 Å². The van der Waals surface area contributed by atoms with E-state index in [1.807, 2.05) is 4.90 Å². The predicted molar refractivity (Wildman–Crippen MR) is 71.9 cm³/mol. The molecule has 0 radical (unpaired) electrons. The van der Waals surface area contributed by atoms with Gasteiger partial charge in [-0.05, 0) is 32.1 Å². The Morgan fingerprint density at radius 2 is 2.16 bits per heavy atom. The van der Waals surface area contributed by atoms with E-state index in [-0.39, 0.29) is 25.0 Å². The Bertz CT molecular complexity index is 293. The molecule has 1 N–H and O–H groups in total. The number of carboxylic acid groups (broad SMARTS) is 1. The number of unbranched alkanes of at least 4 members (excludes halogenated alkanes) is 1. The number of amides is 1. The molecule has 0 aliphatic carbocycles. The molecule has 0 saturated carbocycles. The first kappa shape index (κ1) is 16.0. The number of aliphatic carboxylic acids is 1. The fourth-order valence-corrected chi connectivity index (χ4v) is 2.41. The molecule has 1 amide bonds. The molecular weight excluding hydrogens is 246 g/mol. The number of carboxylic acids is 1. The second-order valence-corrected chi connectivity index (χ2v) is 5.08. The third-order valence-corrected chi connectivity index (χ3v) is 3.51. The molecule has 1 aliphatic rings. The van der Waals surface area contributed by atoms with Crippen LogP contribution in [0.15, 0.2) is 0 Å². The summed E-state index contributed by atoms with van der Waals surface area (Å²) in [7, 11) is 0. The Morgan fingerprint density at radius 3 is 2.84 bits per heavy atom. The first-order valence-electron chi connectivity index (χ1n) is 7.24. The standard InChI is InChI=1S/C14H25NO4/c1-2-3-10-19-11-13(16)15-9-5-4-6-12(15)7-8-14(17)18/h12H,2-11H2,1H3,(H,17,18). The van der Waals surface area contributed by atoms with Crippen LogP contribution in [0.4, 0.5) is 0 Å². The molecule has 5 nitrogen and oxygen atoms in total. The summed E-state index contributed by atoms with van der Waals surface area (Å²) in [6.07, 6.45) is 5.69. The van der Waals surface area contributed by atoms with Gasteiger partial charge in [0.1, 0.15) is 6.61 Å². The van der Waals surface area contributed by atoms with Gasteiger partial charge in [0.2, 0.25) is 5.91 Å². The van der Waals surface area contributed by atoms with E-state index in [1.165, 1.54) is 0 Å². The number of carbonyl (C=O) groups is 2. The van der Waals surface area contributed by atoms with Crippen LogP contribution in [0.5, 0.6) is 0 Å². The average molecular weight is 271 g/mol. The highest BCUT2D eigenvalue weighted by atomic mass is 16.5. The number of nitrogens with zero attached hydrogens (tertiary/aromatic N) is 1. The summed E-state index contributed by atoms with van der Waals surface area (Å²) in [4.78, 5) is 24.5. The molecule has 0 bridgehead atoms. The van der Waals surface area contributed by atoms with E-state index in [0.29, 0.717) is 13.0 Å². The van der Waals surface area contributed by atoms with E-state index >= 15 is 0 Å². The summed E-state index contributed by atoms with van der Waals surface area (Å²) in [5.74, 6) is -0.789. The fourth-order valence-electron chi connectivity index (χ4n) is 2.41. The SMILES string of the molecule is CCCCOCC(=O)N1CCCCC1CCC(=O)O. The molecule has 19 heavy (non-hydrogen) atoms. The minimum Gasteiger partial charge on any atom is -0.481 e. The smallest absolute Gasteiger partial charge is 0.303 e. The molecule has 0 spiro atoms. The molecule has 0 aromatic heterocycles. The van der Waals surface area contributed by atoms with Crippen molar-refractivity contribution >= 4 is 11.9 Å². The van der Waals surface area contributed by atoms with Gasteiger partial charge < -0.3 is 14.7 Å². The van der Waals surface area contributed by atoms with Crippen LogP contribution in [-0.4, -0.2) is 47.7 Å². The highest BCUT2D eigenvalue weighted by Gasteiger charge is 2.26. The van der Waals surface area contributed by atoms with Gasteiger partial charge in [-0.2, -0.15) is 0 Å². The minimum atomic E-state index is -0.794. The van der Waals surface area contributed by atoms with Gasteiger partial charge in [-0.25, -0.2) is 0 Å². The van der Waals surface area contributed by atoms with E-state index in [9.17, 15) is 9.59 Å². The maximum atomic E-state index is 12.1. The van der Waals surface area contributed by atoms with Crippen LogP contribution in [0.25, 0.3) is 0 Å². The molecule has 1 heterocycles. The van der Waals surface area contributed by atoms with Crippen LogP contribution in [0.3, 0.4) is 0 Å². The predicted octanol–water partition coefficient (Wildman–Crippen LogP) is 2.05. The minimum absolute atomic E-state index is 0.00573. The van der Waals surface area contributed by atoms with E-state index in [1.54, 1.807) is 0 Å². The molecule has 5 heteroatoms. The topological polar surface area (TPSA) is 66.8 Å². The van der Waals surface area contributed by atoms with Gasteiger partial charge in [-0.3, -0.25) is 9.59 Å². The van der Waals surface area contributed by atoms with Gasteiger partial charge in [0.15, 0.2) is 0 Å². The number of carbonyl (C=O) groups excluding carboxylic acids is 1. The molecule has 1 atom stereocenters. The number of likely N-dealkylation sites (tertiary alicyclic amines) is 1. The van der Waals surface area contributed by atoms with E-state index < -0.39 is 5.97 Å². The normalized spacial score (nSPS) is 19.4. The highest BCUT2D eigenvalue weighted by Crippen LogP contribution is 2.21. The van der Waals surface area contributed by atoms with Gasteiger partial charge in [0.25, 0.3) is 0 Å². The number of hydrogen-bond donors (Lipinski definition) is 1. The number of ether oxygens (including phenoxy) is 1. The Labute approximate surface area is 114 Å². The zero-order valence-electron chi connectivity index (χ0n) is 11.8. The molecule has 1 rings (SSSR count). The summed E-state index contributed by atoms with van der Waals surface area (Å²) < 4.78 is 5.36. The number of hydrogen-bond acceptors (Lipinski definition) is 3. The lowest BCUT2D eigenvalue weighted by molar-refractivity contribution is -0.142. The largest absolute Gasteiger partial charge is 0.481 e. The van der Waals surface area contributed by atoms with Crippen LogP contribution < -0.4 is 0 Å². The number of piperidine rings is 1. The molecule has 0 aromatic carbocycles. The second kappa shape index (κ2) is 8.91. The maximum absolute atomic E-state index is 12.1. The zero-order chi connectivity index (χ0) is 14.1. The maximum Gasteiger partial charge on any atom is 0.303 e. The van der Waals surface area contributed by atoms with Crippen molar-refractivity contribution in [2.75, 3.05) is 19.8 Å². The van der Waals surface area contributed by atoms with Crippen LogP contribution in [0.1, 0.15) is 51.9 Å². The zero-order valence-corrected chi connectivity index (χ0v) is 11.8. The summed E-state index contributed by atoms with van der Waals surface area (Å²) in [5, 5.41) is 8.74. The molecular formula is C14H25NO4. The van der Waals surface area contributed by atoms with Gasteiger partial charge in [-0.1, -0.05) is 13.3 Å². The van der Waals surface area contributed by atoms with Crippen LogP contribution in [-0.2, 0) is 14.3 Å². The first-order chi connectivity index (χ1) is 9.15. The van der Waals surface area contributed by atoms with Gasteiger partial charge >= 0.3 is 5.97 Å². The van der Waals surface area contributed by atoms with Crippen molar-refractivity contribution in [3.8, 4) is 0 Å². The Morgan fingerprint density at radius 1 is 1.37 bits per heavy atom. The Kier molecular flexibility index (Phi) is 7.48. The van der Waals surface area contributed by atoms with Crippen LogP contribution >= 0.6 is 0 Å². The van der Waals surface area contributed by atoms with Crippen molar-refractivity contribution in [2.45, 2.75) is 57.9 Å². The summed E-state index contributed by atoms with van der Waals surface area (Å²) in [6, 6.07) is 0.0760. The quantitative estimate of drug-likeness (QED) is 0.686. The summed E-state index contributed by atoms with van der Waals surface area (Å²) in [6.45, 7) is 3.57. The highest BCUT2D eigenvalue weighted by molar-refractivity contribution is 5.78. The summed E-state index contributed by atoms with van der Waals surface area (Å²) in [5.41, 5.74) is 0. The molecule has 110 valence electrons. The second-order valence-electron chi connectivity index (χ2n) is 5.08. The Balaban J connectivity index is 2.37. The molecule has 0 aromatic rings. The Hall–Kier alpha value is -1.10. The van der Waals surface area contributed by atoms with Crippen molar-refractivity contribution in [3.05, 3.63) is 0 Å². The third kappa shape index (κ3) is 6.05. The first-order valence-corrected chi connectivity index (χ1v) is 7.24. The molecule has 1 saturated heterocycles. The molecule has 1 unspecified atom stereocenters. The molecule has 1 fully saturated rings. The van der Waals surface area contributed by atoms with Gasteiger partial charge in [0, 0.05) is 25.6 Å². The van der Waals surface area contributed by atoms with E-state index in [4.69, 9.17) is 9.84 Å². The van der Waals surface area contributed by atoms with Gasteiger partial charge in [-0.15, -0.1) is 0 Å². The third-order valence-electron chi connectivity index (χ3n) is 3.51. The van der Waals surface area contributed by atoms with Gasteiger partial charge in [0.05, 0.1) is 0 Å². The average Bonchev–Trinajstić information content (AvgIpc) is 2.41. The van der Waals surface area contributed by atoms with Crippen LogP contribution in [0, 0.1) is 0 Å².